The Kier molecular flexibility index (Phi) is 5.91. The first-order valence-electron chi connectivity index (χ1n) is 9.97. The second-order valence-electron chi connectivity index (χ2n) is 7.59. The fourth-order valence-electron chi connectivity index (χ4n) is 3.82. The van der Waals surface area contributed by atoms with Crippen molar-refractivity contribution in [3.63, 3.8) is 0 Å². The summed E-state index contributed by atoms with van der Waals surface area (Å²) in [6.45, 7) is 4.23. The summed E-state index contributed by atoms with van der Waals surface area (Å²) in [6.07, 6.45) is 1.51. The van der Waals surface area contributed by atoms with Crippen LogP contribution < -0.4 is 5.32 Å². The zero-order chi connectivity index (χ0) is 22.2. The number of nitrogens with zero attached hydrogens (tertiary/aromatic N) is 5. The third-order valence-electron chi connectivity index (χ3n) is 5.44. The van der Waals surface area contributed by atoms with Crippen molar-refractivity contribution in [2.75, 3.05) is 18.4 Å². The smallest absolute Gasteiger partial charge is 0.286 e. The zero-order valence-corrected chi connectivity index (χ0v) is 19.2. The largest absolute Gasteiger partial charge is 0.320 e. The van der Waals surface area contributed by atoms with E-state index in [1.165, 1.54) is 15.6 Å². The van der Waals surface area contributed by atoms with Crippen molar-refractivity contribution in [3.05, 3.63) is 51.7 Å². The van der Waals surface area contributed by atoms with Crippen LogP contribution in [0, 0.1) is 13.8 Å². The molecule has 1 fully saturated rings. The van der Waals surface area contributed by atoms with Crippen molar-refractivity contribution in [1.82, 2.24) is 24.3 Å². The lowest BCUT2D eigenvalue weighted by Gasteiger charge is -2.30. The summed E-state index contributed by atoms with van der Waals surface area (Å²) in [6, 6.07) is 9.14. The number of nitrogens with one attached hydrogen (secondary N) is 1. The minimum atomic E-state index is -3.67. The predicted octanol–water partition coefficient (Wildman–Crippen LogP) is 2.71. The van der Waals surface area contributed by atoms with Gasteiger partial charge in [0.1, 0.15) is 9.90 Å². The van der Waals surface area contributed by atoms with Gasteiger partial charge in [-0.3, -0.25) is 9.48 Å². The first-order valence-corrected chi connectivity index (χ1v) is 12.2. The molecule has 3 aromatic rings. The van der Waals surface area contributed by atoms with Crippen molar-refractivity contribution in [2.45, 2.75) is 37.5 Å². The number of aromatic nitrogens is 4. The molecule has 1 N–H and O–H groups in total. The summed E-state index contributed by atoms with van der Waals surface area (Å²) >= 11 is 1.21. The van der Waals surface area contributed by atoms with Gasteiger partial charge < -0.3 is 5.32 Å². The van der Waals surface area contributed by atoms with Gasteiger partial charge in [-0.05, 0) is 38.8 Å². The quantitative estimate of drug-likeness (QED) is 0.627. The van der Waals surface area contributed by atoms with Gasteiger partial charge in [-0.15, -0.1) is 10.2 Å². The number of para-hydroxylation sites is 1. The normalized spacial score (nSPS) is 17.6. The van der Waals surface area contributed by atoms with E-state index < -0.39 is 10.0 Å². The van der Waals surface area contributed by atoms with Gasteiger partial charge in [0, 0.05) is 31.7 Å². The van der Waals surface area contributed by atoms with Crippen LogP contribution in [0.25, 0.3) is 0 Å². The molecular weight excluding hydrogens is 436 g/mol. The Bertz CT molecular complexity index is 1200. The number of piperidine rings is 1. The van der Waals surface area contributed by atoms with E-state index in [0.29, 0.717) is 41.6 Å². The van der Waals surface area contributed by atoms with E-state index in [0.717, 1.165) is 6.42 Å². The van der Waals surface area contributed by atoms with Crippen LogP contribution in [0.2, 0.25) is 0 Å². The van der Waals surface area contributed by atoms with E-state index >= 15 is 0 Å². The van der Waals surface area contributed by atoms with Crippen molar-refractivity contribution in [2.24, 2.45) is 7.05 Å². The number of carbonyl (C=O) groups is 1. The summed E-state index contributed by atoms with van der Waals surface area (Å²) in [5, 5.41) is 16.2. The maximum atomic E-state index is 13.3. The highest BCUT2D eigenvalue weighted by Crippen LogP contribution is 2.33. The van der Waals surface area contributed by atoms with Gasteiger partial charge in [0.25, 0.3) is 5.91 Å². The van der Waals surface area contributed by atoms with E-state index in [2.05, 4.69) is 20.6 Å². The first kappa shape index (κ1) is 21.6. The summed E-state index contributed by atoms with van der Waals surface area (Å²) < 4.78 is 29.7. The van der Waals surface area contributed by atoms with E-state index in [1.54, 1.807) is 37.7 Å². The maximum Gasteiger partial charge on any atom is 0.286 e. The van der Waals surface area contributed by atoms with Gasteiger partial charge >= 0.3 is 0 Å². The highest BCUT2D eigenvalue weighted by molar-refractivity contribution is 7.89. The molecule has 31 heavy (non-hydrogen) atoms. The molecule has 164 valence electrons. The lowest BCUT2D eigenvalue weighted by atomic mass is 10.0. The van der Waals surface area contributed by atoms with Gasteiger partial charge in [-0.1, -0.05) is 29.5 Å². The van der Waals surface area contributed by atoms with Crippen LogP contribution in [-0.4, -0.2) is 51.7 Å². The highest BCUT2D eigenvalue weighted by atomic mass is 32.2. The first-order chi connectivity index (χ1) is 14.8. The van der Waals surface area contributed by atoms with E-state index in [-0.39, 0.29) is 21.7 Å². The molecule has 1 atom stereocenters. The number of anilines is 1. The van der Waals surface area contributed by atoms with Crippen LogP contribution in [-0.2, 0) is 17.1 Å². The Morgan fingerprint density at radius 2 is 1.94 bits per heavy atom. The molecular formula is C20H24N6O3S2. The lowest BCUT2D eigenvalue weighted by molar-refractivity contribution is 0.102. The van der Waals surface area contributed by atoms with Gasteiger partial charge in [-0.2, -0.15) is 9.40 Å². The summed E-state index contributed by atoms with van der Waals surface area (Å²) in [5.74, 6) is -0.423. The molecule has 9 nitrogen and oxygen atoms in total. The molecule has 1 aliphatic heterocycles. The van der Waals surface area contributed by atoms with Gasteiger partial charge in [0.2, 0.25) is 15.0 Å². The van der Waals surface area contributed by atoms with Crippen LogP contribution in [0.4, 0.5) is 5.69 Å². The van der Waals surface area contributed by atoms with Gasteiger partial charge in [-0.25, -0.2) is 8.42 Å². The monoisotopic (exact) mass is 460 g/mol. The van der Waals surface area contributed by atoms with Crippen molar-refractivity contribution in [3.8, 4) is 0 Å². The molecule has 0 bridgehead atoms. The van der Waals surface area contributed by atoms with Crippen LogP contribution in [0.15, 0.2) is 35.2 Å². The molecule has 0 radical (unpaired) electrons. The van der Waals surface area contributed by atoms with Crippen LogP contribution in [0.5, 0.6) is 0 Å². The molecule has 0 aliphatic carbocycles. The number of hydrogen-bond donors (Lipinski definition) is 1. The highest BCUT2D eigenvalue weighted by Gasteiger charge is 2.35. The standard InChI is InChI=1S/C20H24N6O3S2/c1-13-17(14(2)25(3)24-13)31(28,29)26-11-7-8-15(12-26)19-22-23-20(30-19)18(27)21-16-9-5-4-6-10-16/h4-6,9-10,15H,7-8,11-12H2,1-3H3,(H,21,27). The molecule has 0 spiro atoms. The van der Waals surface area contributed by atoms with Crippen LogP contribution >= 0.6 is 11.3 Å². The number of sulfonamides is 1. The Morgan fingerprint density at radius 3 is 2.61 bits per heavy atom. The summed E-state index contributed by atoms with van der Waals surface area (Å²) in [5.41, 5.74) is 1.80. The molecule has 3 heterocycles. The fourth-order valence-corrected chi connectivity index (χ4v) is 6.60. The van der Waals surface area contributed by atoms with Gasteiger partial charge in [0.05, 0.1) is 11.4 Å². The number of amides is 1. The van der Waals surface area contributed by atoms with Crippen molar-refractivity contribution >= 4 is 33.0 Å². The summed E-state index contributed by atoms with van der Waals surface area (Å²) in [4.78, 5) is 12.8. The average Bonchev–Trinajstić information content (AvgIpc) is 3.34. The number of benzene rings is 1. The maximum absolute atomic E-state index is 13.3. The molecule has 1 amide bonds. The second kappa shape index (κ2) is 8.48. The minimum absolute atomic E-state index is 0.100. The SMILES string of the molecule is Cc1nn(C)c(C)c1S(=O)(=O)N1CCCC(c2nnc(C(=O)Nc3ccccc3)s2)C1. The molecule has 1 aliphatic rings. The molecule has 11 heteroatoms. The Morgan fingerprint density at radius 1 is 1.19 bits per heavy atom. The third kappa shape index (κ3) is 4.25. The minimum Gasteiger partial charge on any atom is -0.320 e. The Hall–Kier alpha value is -2.63. The molecule has 0 saturated carbocycles. The van der Waals surface area contributed by atoms with Crippen LogP contribution in [0.1, 0.15) is 45.0 Å². The predicted molar refractivity (Wildman–Crippen MR) is 118 cm³/mol. The number of aryl methyl sites for hydroxylation is 2. The molecule has 1 unspecified atom stereocenters. The van der Waals surface area contributed by atoms with E-state index in [4.69, 9.17) is 0 Å². The number of rotatable bonds is 5. The molecule has 1 saturated heterocycles. The van der Waals surface area contributed by atoms with Crippen molar-refractivity contribution in [1.29, 1.82) is 0 Å². The zero-order valence-electron chi connectivity index (χ0n) is 17.6. The second-order valence-corrected chi connectivity index (χ2v) is 10.5. The van der Waals surface area contributed by atoms with Gasteiger partial charge in [0.15, 0.2) is 0 Å². The molecule has 2 aromatic heterocycles. The topological polar surface area (TPSA) is 110 Å². The van der Waals surface area contributed by atoms with E-state index in [1.807, 2.05) is 18.2 Å². The number of carbonyl (C=O) groups excluding carboxylic acids is 1. The summed E-state index contributed by atoms with van der Waals surface area (Å²) in [7, 11) is -1.93. The van der Waals surface area contributed by atoms with E-state index in [9.17, 15) is 13.2 Å². The van der Waals surface area contributed by atoms with Crippen LogP contribution in [0.3, 0.4) is 0 Å². The number of hydrogen-bond acceptors (Lipinski definition) is 7. The fraction of sp³-hybridized carbons (Fsp3) is 0.400. The Labute approximate surface area is 185 Å². The third-order valence-corrected chi connectivity index (χ3v) is 8.64. The molecule has 4 rings (SSSR count). The average molecular weight is 461 g/mol. The lowest BCUT2D eigenvalue weighted by Crippen LogP contribution is -2.39. The van der Waals surface area contributed by atoms with Crippen molar-refractivity contribution < 1.29 is 13.2 Å². The molecule has 1 aromatic carbocycles. The Balaban J connectivity index is 1.51.